The highest BCUT2D eigenvalue weighted by Gasteiger charge is 2.20. The molecule has 1 aromatic heterocycles. The first-order chi connectivity index (χ1) is 8.68. The van der Waals surface area contributed by atoms with Gasteiger partial charge in [0.2, 0.25) is 0 Å². The minimum Gasteiger partial charge on any atom is -0.249 e. The van der Waals surface area contributed by atoms with Gasteiger partial charge in [0.1, 0.15) is 4.60 Å². The predicted octanol–water partition coefficient (Wildman–Crippen LogP) is 2.91. The van der Waals surface area contributed by atoms with E-state index in [0.29, 0.717) is 12.8 Å². The second-order valence-corrected chi connectivity index (χ2v) is 6.98. The summed E-state index contributed by atoms with van der Waals surface area (Å²) >= 11 is 3.28. The molecule has 7 heteroatoms. The Morgan fingerprint density at radius 3 is 2.74 bits per heavy atom. The van der Waals surface area contributed by atoms with Crippen LogP contribution in [0.25, 0.3) is 0 Å². The van der Waals surface area contributed by atoms with Crippen LogP contribution in [0.15, 0.2) is 27.3 Å². The Kier molecular flexibility index (Phi) is 5.64. The standard InChI is InChI=1S/C12H17BrN2O3S/c1-12(2,3)18-19(16,17)15-7-4-5-10-6-8-14-11(13)9-10/h6-9H,4-5H2,1-3H3/b15-7+. The summed E-state index contributed by atoms with van der Waals surface area (Å²) in [6.07, 6.45) is 4.25. The van der Waals surface area contributed by atoms with Crippen molar-refractivity contribution in [1.82, 2.24) is 4.98 Å². The maximum atomic E-state index is 11.5. The molecule has 0 bridgehead atoms. The van der Waals surface area contributed by atoms with E-state index < -0.39 is 15.9 Å². The second-order valence-electron chi connectivity index (χ2n) is 4.94. The van der Waals surface area contributed by atoms with Crippen LogP contribution in [0.4, 0.5) is 0 Å². The average Bonchev–Trinajstić information content (AvgIpc) is 2.21. The Morgan fingerprint density at radius 2 is 2.16 bits per heavy atom. The zero-order valence-electron chi connectivity index (χ0n) is 11.1. The van der Waals surface area contributed by atoms with Crippen molar-refractivity contribution in [3.8, 4) is 0 Å². The fraction of sp³-hybridized carbons (Fsp3) is 0.500. The molecular formula is C12H17BrN2O3S. The van der Waals surface area contributed by atoms with Crippen molar-refractivity contribution < 1.29 is 12.6 Å². The lowest BCUT2D eigenvalue weighted by atomic mass is 10.2. The maximum absolute atomic E-state index is 11.5. The normalized spacial score (nSPS) is 13.1. The largest absolute Gasteiger partial charge is 0.381 e. The van der Waals surface area contributed by atoms with E-state index in [1.165, 1.54) is 6.21 Å². The fourth-order valence-electron chi connectivity index (χ4n) is 1.31. The van der Waals surface area contributed by atoms with Gasteiger partial charge in [0.25, 0.3) is 0 Å². The third kappa shape index (κ3) is 7.39. The van der Waals surface area contributed by atoms with Gasteiger partial charge in [0.05, 0.1) is 5.60 Å². The number of nitrogens with zero attached hydrogens (tertiary/aromatic N) is 2. The van der Waals surface area contributed by atoms with Gasteiger partial charge in [0, 0.05) is 12.4 Å². The molecule has 0 saturated carbocycles. The van der Waals surface area contributed by atoms with E-state index in [1.807, 2.05) is 12.1 Å². The highest BCUT2D eigenvalue weighted by Crippen LogP contribution is 2.13. The van der Waals surface area contributed by atoms with Crippen molar-refractivity contribution in [2.75, 3.05) is 0 Å². The van der Waals surface area contributed by atoms with E-state index in [1.54, 1.807) is 27.0 Å². The third-order valence-corrected chi connectivity index (χ3v) is 3.46. The molecule has 0 aliphatic rings. The van der Waals surface area contributed by atoms with Crippen LogP contribution in [0, 0.1) is 0 Å². The number of halogens is 1. The van der Waals surface area contributed by atoms with Gasteiger partial charge in [0.15, 0.2) is 0 Å². The summed E-state index contributed by atoms with van der Waals surface area (Å²) in [4.78, 5) is 4.01. The van der Waals surface area contributed by atoms with Crippen molar-refractivity contribution >= 4 is 32.4 Å². The summed E-state index contributed by atoms with van der Waals surface area (Å²) in [6, 6.07) is 3.76. The topological polar surface area (TPSA) is 68.6 Å². The first kappa shape index (κ1) is 16.3. The molecule has 0 saturated heterocycles. The molecule has 0 spiro atoms. The molecule has 0 aliphatic carbocycles. The number of hydrogen-bond donors (Lipinski definition) is 0. The van der Waals surface area contributed by atoms with Gasteiger partial charge in [-0.2, -0.15) is 12.8 Å². The molecule has 0 radical (unpaired) electrons. The summed E-state index contributed by atoms with van der Waals surface area (Å²) in [5.41, 5.74) is 0.286. The highest BCUT2D eigenvalue weighted by molar-refractivity contribution is 9.10. The van der Waals surface area contributed by atoms with Crippen LogP contribution in [0.3, 0.4) is 0 Å². The molecule has 0 N–H and O–H groups in total. The van der Waals surface area contributed by atoms with Crippen LogP contribution in [0.1, 0.15) is 32.8 Å². The molecule has 0 aromatic carbocycles. The number of aryl methyl sites for hydroxylation is 1. The van der Waals surface area contributed by atoms with Crippen molar-refractivity contribution in [3.05, 3.63) is 28.5 Å². The summed E-state index contributed by atoms with van der Waals surface area (Å²) in [5, 5.41) is 0. The molecule has 0 fully saturated rings. The molecule has 1 rings (SSSR count). The van der Waals surface area contributed by atoms with Gasteiger partial charge < -0.3 is 0 Å². The molecule has 0 aliphatic heterocycles. The molecule has 1 heterocycles. The maximum Gasteiger partial charge on any atom is 0.381 e. The van der Waals surface area contributed by atoms with E-state index in [2.05, 4.69) is 25.3 Å². The predicted molar refractivity (Wildman–Crippen MR) is 78.5 cm³/mol. The van der Waals surface area contributed by atoms with Gasteiger partial charge in [-0.25, -0.2) is 9.17 Å². The first-order valence-corrected chi connectivity index (χ1v) is 7.93. The SMILES string of the molecule is CC(C)(C)OS(=O)(=O)/N=C/CCc1ccnc(Br)c1. The Morgan fingerprint density at radius 1 is 1.47 bits per heavy atom. The Hall–Kier alpha value is -0.790. The van der Waals surface area contributed by atoms with Crippen LogP contribution in [0.5, 0.6) is 0 Å². The average molecular weight is 349 g/mol. The summed E-state index contributed by atoms with van der Waals surface area (Å²) in [7, 11) is -3.85. The van der Waals surface area contributed by atoms with Crippen LogP contribution < -0.4 is 0 Å². The Bertz CT molecular complexity index is 550. The van der Waals surface area contributed by atoms with E-state index in [0.717, 1.165) is 10.2 Å². The summed E-state index contributed by atoms with van der Waals surface area (Å²) in [6.45, 7) is 4.98. The molecule has 106 valence electrons. The first-order valence-electron chi connectivity index (χ1n) is 5.78. The van der Waals surface area contributed by atoms with Crippen LogP contribution in [-0.4, -0.2) is 25.2 Å². The minimum absolute atomic E-state index is 0.517. The summed E-state index contributed by atoms with van der Waals surface area (Å²) in [5.74, 6) is 0. The van der Waals surface area contributed by atoms with Crippen molar-refractivity contribution in [3.63, 3.8) is 0 Å². The quantitative estimate of drug-likeness (QED) is 0.605. The van der Waals surface area contributed by atoms with Crippen LogP contribution in [0.2, 0.25) is 0 Å². The number of pyridine rings is 1. The van der Waals surface area contributed by atoms with E-state index in [4.69, 9.17) is 4.18 Å². The Labute approximate surface area is 122 Å². The lowest BCUT2D eigenvalue weighted by Crippen LogP contribution is -2.22. The Balaban J connectivity index is 2.51. The molecule has 0 amide bonds. The van der Waals surface area contributed by atoms with Gasteiger partial charge in [-0.3, -0.25) is 0 Å². The number of aromatic nitrogens is 1. The van der Waals surface area contributed by atoms with E-state index in [9.17, 15) is 8.42 Å². The van der Waals surface area contributed by atoms with Crippen molar-refractivity contribution in [2.45, 2.75) is 39.2 Å². The highest BCUT2D eigenvalue weighted by atomic mass is 79.9. The molecule has 1 aromatic rings. The number of rotatable bonds is 5. The van der Waals surface area contributed by atoms with E-state index >= 15 is 0 Å². The smallest absolute Gasteiger partial charge is 0.249 e. The van der Waals surface area contributed by atoms with Gasteiger partial charge in [-0.15, -0.1) is 0 Å². The van der Waals surface area contributed by atoms with Gasteiger partial charge in [-0.1, -0.05) is 0 Å². The van der Waals surface area contributed by atoms with E-state index in [-0.39, 0.29) is 0 Å². The lowest BCUT2D eigenvalue weighted by molar-refractivity contribution is 0.140. The summed E-state index contributed by atoms with van der Waals surface area (Å²) < 4.78 is 32.0. The monoisotopic (exact) mass is 348 g/mol. The lowest BCUT2D eigenvalue weighted by Gasteiger charge is -2.16. The minimum atomic E-state index is -3.85. The van der Waals surface area contributed by atoms with Crippen LogP contribution in [-0.2, 0) is 20.9 Å². The van der Waals surface area contributed by atoms with Crippen LogP contribution >= 0.6 is 15.9 Å². The zero-order chi connectivity index (χ0) is 14.5. The fourth-order valence-corrected chi connectivity index (χ4v) is 2.69. The van der Waals surface area contributed by atoms with Gasteiger partial charge in [-0.05, 0) is 67.2 Å². The van der Waals surface area contributed by atoms with Crippen molar-refractivity contribution in [2.24, 2.45) is 4.40 Å². The molecular weight excluding hydrogens is 332 g/mol. The van der Waals surface area contributed by atoms with Gasteiger partial charge >= 0.3 is 10.3 Å². The molecule has 0 unspecified atom stereocenters. The zero-order valence-corrected chi connectivity index (χ0v) is 13.5. The third-order valence-electron chi connectivity index (χ3n) is 1.91. The second kappa shape index (κ2) is 6.58. The number of hydrogen-bond acceptors (Lipinski definition) is 4. The van der Waals surface area contributed by atoms with Crippen molar-refractivity contribution in [1.29, 1.82) is 0 Å². The molecule has 5 nitrogen and oxygen atoms in total. The molecule has 0 atom stereocenters. The molecule has 19 heavy (non-hydrogen) atoms.